The van der Waals surface area contributed by atoms with Crippen molar-refractivity contribution in [2.24, 2.45) is 0 Å². The highest BCUT2D eigenvalue weighted by Crippen LogP contribution is 2.45. The number of thiophene rings is 2. The Morgan fingerprint density at radius 3 is 1.79 bits per heavy atom. The third kappa shape index (κ3) is 5.03. The summed E-state index contributed by atoms with van der Waals surface area (Å²) in [6.07, 6.45) is 0. The summed E-state index contributed by atoms with van der Waals surface area (Å²) < 4.78 is 4.35. The average Bonchev–Trinajstić information content (AvgIpc) is 3.80. The fourth-order valence-corrected chi connectivity index (χ4v) is 9.17. The quantitative estimate of drug-likeness (QED) is 0.178. The van der Waals surface area contributed by atoms with Gasteiger partial charge >= 0.3 is 0 Å². The minimum Gasteiger partial charge on any atom is -0.226 e. The molecule has 0 amide bonds. The van der Waals surface area contributed by atoms with E-state index in [1.165, 1.54) is 0 Å². The van der Waals surface area contributed by atoms with E-state index < -0.39 is 0 Å². The second-order valence-electron chi connectivity index (χ2n) is 12.4. The van der Waals surface area contributed by atoms with E-state index in [9.17, 15) is 5.26 Å². The number of fused-ring (bicyclic) bond motifs is 6. The molecular formula is C44H24N6S2. The van der Waals surface area contributed by atoms with Crippen LogP contribution in [0.4, 0.5) is 0 Å². The first-order valence-corrected chi connectivity index (χ1v) is 18.4. The first-order chi connectivity index (χ1) is 25.7. The highest BCUT2D eigenvalue weighted by atomic mass is 32.1. The Balaban J connectivity index is 1.21. The maximum absolute atomic E-state index is 9.72. The lowest BCUT2D eigenvalue weighted by Gasteiger charge is -2.10. The van der Waals surface area contributed by atoms with Gasteiger partial charge in [-0.2, -0.15) is 5.26 Å². The van der Waals surface area contributed by atoms with Crippen LogP contribution in [0.25, 0.3) is 97.3 Å². The third-order valence-electron chi connectivity index (χ3n) is 9.19. The molecule has 4 heterocycles. The SMILES string of the molecule is N#Cc1cccc(-c2nc(-c3cccc4c3sc3cccc(-c5nc(-c6ccccc6)nc(-c6ccccc6)n5)c34)nc3c2sc2ccccc23)c1. The summed E-state index contributed by atoms with van der Waals surface area (Å²) in [4.78, 5) is 25.6. The molecule has 0 fully saturated rings. The van der Waals surface area contributed by atoms with E-state index >= 15 is 0 Å². The van der Waals surface area contributed by atoms with Crippen LogP contribution in [0.5, 0.6) is 0 Å². The number of nitrogens with zero attached hydrogens (tertiary/aromatic N) is 6. The zero-order valence-corrected chi connectivity index (χ0v) is 29.0. The third-order valence-corrected chi connectivity index (χ3v) is 11.6. The van der Waals surface area contributed by atoms with Gasteiger partial charge in [-0.3, -0.25) is 0 Å². The zero-order valence-electron chi connectivity index (χ0n) is 27.4. The summed E-state index contributed by atoms with van der Waals surface area (Å²) >= 11 is 3.40. The topological polar surface area (TPSA) is 88.2 Å². The van der Waals surface area contributed by atoms with Gasteiger partial charge in [0.1, 0.15) is 0 Å². The van der Waals surface area contributed by atoms with Gasteiger partial charge in [-0.1, -0.05) is 115 Å². The predicted molar refractivity (Wildman–Crippen MR) is 213 cm³/mol. The molecule has 0 aliphatic heterocycles. The summed E-state index contributed by atoms with van der Waals surface area (Å²) in [6.45, 7) is 0. The van der Waals surface area contributed by atoms with Crippen LogP contribution in [0.15, 0.2) is 146 Å². The Morgan fingerprint density at radius 1 is 0.442 bits per heavy atom. The van der Waals surface area contributed by atoms with Crippen LogP contribution < -0.4 is 0 Å². The number of hydrogen-bond donors (Lipinski definition) is 0. The summed E-state index contributed by atoms with van der Waals surface area (Å²) in [6, 6.07) is 51.1. The summed E-state index contributed by atoms with van der Waals surface area (Å²) in [5.74, 6) is 2.51. The lowest BCUT2D eigenvalue weighted by Crippen LogP contribution is -2.00. The highest BCUT2D eigenvalue weighted by Gasteiger charge is 2.21. The van der Waals surface area contributed by atoms with Crippen LogP contribution in [0.3, 0.4) is 0 Å². The minimum absolute atomic E-state index is 0.593. The van der Waals surface area contributed by atoms with Crippen molar-refractivity contribution in [3.05, 3.63) is 151 Å². The molecule has 6 nitrogen and oxygen atoms in total. The Bertz CT molecular complexity index is 2980. The predicted octanol–water partition coefficient (Wildman–Crippen LogP) is 11.6. The first-order valence-electron chi connectivity index (χ1n) is 16.7. The molecule has 0 bridgehead atoms. The molecule has 4 aromatic heterocycles. The molecule has 10 rings (SSSR count). The van der Waals surface area contributed by atoms with Crippen molar-refractivity contribution in [2.75, 3.05) is 0 Å². The Labute approximate surface area is 306 Å². The van der Waals surface area contributed by atoms with E-state index in [4.69, 9.17) is 24.9 Å². The molecular weight excluding hydrogens is 677 g/mol. The Hall–Kier alpha value is -6.66. The Morgan fingerprint density at radius 2 is 1.02 bits per heavy atom. The molecule has 0 radical (unpaired) electrons. The van der Waals surface area contributed by atoms with Crippen molar-refractivity contribution < 1.29 is 0 Å². The first kappa shape index (κ1) is 30.2. The maximum atomic E-state index is 9.72. The van der Waals surface area contributed by atoms with Crippen molar-refractivity contribution in [1.29, 1.82) is 5.26 Å². The summed E-state index contributed by atoms with van der Waals surface area (Å²) in [5.41, 5.74) is 6.96. The monoisotopic (exact) mass is 700 g/mol. The van der Waals surface area contributed by atoms with Crippen LogP contribution >= 0.6 is 22.7 Å². The largest absolute Gasteiger partial charge is 0.226 e. The molecule has 0 unspecified atom stereocenters. The molecule has 10 aromatic rings. The van der Waals surface area contributed by atoms with Crippen molar-refractivity contribution in [2.45, 2.75) is 0 Å². The van der Waals surface area contributed by atoms with Crippen LogP contribution in [-0.2, 0) is 0 Å². The molecule has 242 valence electrons. The van der Waals surface area contributed by atoms with E-state index in [-0.39, 0.29) is 0 Å². The highest BCUT2D eigenvalue weighted by molar-refractivity contribution is 7.26. The van der Waals surface area contributed by atoms with Crippen molar-refractivity contribution in [1.82, 2.24) is 24.9 Å². The van der Waals surface area contributed by atoms with Gasteiger partial charge < -0.3 is 0 Å². The molecule has 0 saturated heterocycles. The molecule has 52 heavy (non-hydrogen) atoms. The second-order valence-corrected chi connectivity index (χ2v) is 14.5. The zero-order chi connectivity index (χ0) is 34.6. The van der Waals surface area contributed by atoms with E-state index in [0.29, 0.717) is 28.9 Å². The van der Waals surface area contributed by atoms with Gasteiger partial charge in [-0.05, 0) is 30.3 Å². The maximum Gasteiger partial charge on any atom is 0.164 e. The molecule has 0 aliphatic carbocycles. The summed E-state index contributed by atoms with van der Waals surface area (Å²) in [7, 11) is 0. The normalized spacial score (nSPS) is 11.4. The van der Waals surface area contributed by atoms with Gasteiger partial charge in [0.2, 0.25) is 0 Å². The van der Waals surface area contributed by atoms with Crippen molar-refractivity contribution in [3.63, 3.8) is 0 Å². The fourth-order valence-electron chi connectivity index (χ4n) is 6.78. The second kappa shape index (κ2) is 12.3. The van der Waals surface area contributed by atoms with E-state index in [1.807, 2.05) is 91.0 Å². The van der Waals surface area contributed by atoms with Crippen molar-refractivity contribution in [3.8, 4) is 62.9 Å². The van der Waals surface area contributed by atoms with Gasteiger partial charge in [-0.15, -0.1) is 22.7 Å². The summed E-state index contributed by atoms with van der Waals surface area (Å²) in [5, 5.41) is 13.0. The number of nitriles is 1. The van der Waals surface area contributed by atoms with Gasteiger partial charge in [0, 0.05) is 58.1 Å². The molecule has 6 aromatic carbocycles. The van der Waals surface area contributed by atoms with Crippen LogP contribution in [0.1, 0.15) is 5.56 Å². The van der Waals surface area contributed by atoms with E-state index in [2.05, 4.69) is 60.7 Å². The smallest absolute Gasteiger partial charge is 0.164 e. The average molecular weight is 701 g/mol. The minimum atomic E-state index is 0.593. The fraction of sp³-hybridized carbons (Fsp3) is 0. The molecule has 0 spiro atoms. The number of rotatable bonds is 5. The van der Waals surface area contributed by atoms with Crippen LogP contribution in [-0.4, -0.2) is 24.9 Å². The molecule has 0 N–H and O–H groups in total. The standard InChI is InChI=1S/C44H24N6S2/c45-25-26-12-9-17-29(24-26)37-40-38(30-18-7-8-22-34(30)51-40)47-44(46-37)33-21-10-19-31-36-32(20-11-23-35(36)52-39(31)33)43-49-41(27-13-3-1-4-14-27)48-42(50-43)28-15-5-2-6-16-28/h1-24H. The molecule has 0 aliphatic rings. The molecule has 0 saturated carbocycles. The van der Waals surface area contributed by atoms with E-state index in [0.717, 1.165) is 74.0 Å². The number of aromatic nitrogens is 5. The molecule has 8 heteroatoms. The lowest BCUT2D eigenvalue weighted by molar-refractivity contribution is 1.08. The van der Waals surface area contributed by atoms with Crippen molar-refractivity contribution >= 4 is 63.1 Å². The van der Waals surface area contributed by atoms with Crippen LogP contribution in [0, 0.1) is 11.3 Å². The lowest BCUT2D eigenvalue weighted by atomic mass is 10.0. The number of benzene rings is 6. The van der Waals surface area contributed by atoms with E-state index in [1.54, 1.807) is 22.7 Å². The van der Waals surface area contributed by atoms with Crippen LogP contribution in [0.2, 0.25) is 0 Å². The van der Waals surface area contributed by atoms with Gasteiger partial charge in [0.25, 0.3) is 0 Å². The van der Waals surface area contributed by atoms with Gasteiger partial charge in [0.05, 0.1) is 27.5 Å². The Kier molecular flexibility index (Phi) is 7.13. The molecule has 0 atom stereocenters. The number of hydrogen-bond acceptors (Lipinski definition) is 8. The van der Waals surface area contributed by atoms with Gasteiger partial charge in [-0.25, -0.2) is 24.9 Å². The van der Waals surface area contributed by atoms with Gasteiger partial charge in [0.15, 0.2) is 23.3 Å².